The van der Waals surface area contributed by atoms with Gasteiger partial charge in [0.15, 0.2) is 23.3 Å². The largest absolute Gasteiger partial charge is 0.490 e. The Hall–Kier alpha value is -3.49. The van der Waals surface area contributed by atoms with Gasteiger partial charge in [-0.05, 0) is 30.7 Å². The summed E-state index contributed by atoms with van der Waals surface area (Å²) in [6, 6.07) is 9.70. The Labute approximate surface area is 180 Å². The molecule has 1 aromatic carbocycles. The van der Waals surface area contributed by atoms with Crippen molar-refractivity contribution in [2.24, 2.45) is 4.99 Å². The summed E-state index contributed by atoms with van der Waals surface area (Å²) in [7, 11) is 0. The standard InChI is InChI=1S/C22H26N6O3/c1-5-20-26-27-21(28(20)10-1)15-24-22(23-9-8-17-4-2-11-29-17)25-16-6-7-18-19(14-16)31-13-3-12-30-18/h2,4,6-7,11,14H,1,3,5,8-10,12-13,15H2,(H2,23,24,25). The predicted octanol–water partition coefficient (Wildman–Crippen LogP) is 2.78. The highest BCUT2D eigenvalue weighted by atomic mass is 16.5. The van der Waals surface area contributed by atoms with Gasteiger partial charge in [-0.15, -0.1) is 10.2 Å². The third kappa shape index (κ3) is 4.65. The molecule has 162 valence electrons. The number of nitrogens with one attached hydrogen (secondary N) is 2. The Balaban J connectivity index is 1.31. The summed E-state index contributed by atoms with van der Waals surface area (Å²) in [4.78, 5) is 4.76. The van der Waals surface area contributed by atoms with Gasteiger partial charge in [-0.25, -0.2) is 4.99 Å². The lowest BCUT2D eigenvalue weighted by atomic mass is 10.2. The van der Waals surface area contributed by atoms with Crippen LogP contribution in [0.15, 0.2) is 46.0 Å². The highest BCUT2D eigenvalue weighted by Crippen LogP contribution is 2.32. The number of anilines is 1. The van der Waals surface area contributed by atoms with Gasteiger partial charge < -0.3 is 29.1 Å². The van der Waals surface area contributed by atoms with Crippen LogP contribution in [0.25, 0.3) is 0 Å². The van der Waals surface area contributed by atoms with Crippen molar-refractivity contribution in [1.29, 1.82) is 0 Å². The maximum atomic E-state index is 5.81. The number of aromatic nitrogens is 3. The summed E-state index contributed by atoms with van der Waals surface area (Å²) in [5, 5.41) is 15.3. The first-order valence-electron chi connectivity index (χ1n) is 10.7. The molecule has 0 aliphatic carbocycles. The van der Waals surface area contributed by atoms with E-state index in [0.717, 1.165) is 66.8 Å². The Bertz CT molecular complexity index is 1040. The number of ether oxygens (including phenoxy) is 2. The Morgan fingerprint density at radius 2 is 2.03 bits per heavy atom. The number of aryl methyl sites for hydroxylation is 1. The van der Waals surface area contributed by atoms with Gasteiger partial charge in [-0.2, -0.15) is 0 Å². The number of fused-ring (bicyclic) bond motifs is 2. The minimum absolute atomic E-state index is 0.452. The summed E-state index contributed by atoms with van der Waals surface area (Å²) in [5.74, 6) is 5.04. The van der Waals surface area contributed by atoms with Crippen LogP contribution >= 0.6 is 0 Å². The minimum atomic E-state index is 0.452. The second-order valence-electron chi connectivity index (χ2n) is 7.55. The number of aliphatic imine (C=N–C) groups is 1. The summed E-state index contributed by atoms with van der Waals surface area (Å²) < 4.78 is 19.1. The van der Waals surface area contributed by atoms with E-state index in [1.54, 1.807) is 6.26 Å². The highest BCUT2D eigenvalue weighted by molar-refractivity contribution is 5.93. The molecule has 0 saturated carbocycles. The van der Waals surface area contributed by atoms with Gasteiger partial charge in [-0.1, -0.05) is 0 Å². The molecule has 2 aromatic heterocycles. The molecule has 2 N–H and O–H groups in total. The molecule has 0 unspecified atom stereocenters. The van der Waals surface area contributed by atoms with E-state index in [4.69, 9.17) is 18.9 Å². The maximum absolute atomic E-state index is 5.81. The Morgan fingerprint density at radius 1 is 1.10 bits per heavy atom. The summed E-state index contributed by atoms with van der Waals surface area (Å²) in [6.07, 6.45) is 5.42. The monoisotopic (exact) mass is 422 g/mol. The molecule has 0 saturated heterocycles. The van der Waals surface area contributed by atoms with Gasteiger partial charge in [0.2, 0.25) is 0 Å². The smallest absolute Gasteiger partial charge is 0.196 e. The molecule has 31 heavy (non-hydrogen) atoms. The van der Waals surface area contributed by atoms with Gasteiger partial charge >= 0.3 is 0 Å². The molecule has 5 rings (SSSR count). The molecular weight excluding hydrogens is 396 g/mol. The molecule has 2 aliphatic heterocycles. The second kappa shape index (κ2) is 9.11. The van der Waals surface area contributed by atoms with Crippen molar-refractivity contribution in [1.82, 2.24) is 20.1 Å². The van der Waals surface area contributed by atoms with Crippen molar-refractivity contribution in [3.8, 4) is 11.5 Å². The average molecular weight is 422 g/mol. The normalized spacial score (nSPS) is 15.4. The molecule has 3 aromatic rings. The first kappa shape index (κ1) is 19.5. The lowest BCUT2D eigenvalue weighted by molar-refractivity contribution is 0.297. The zero-order valence-electron chi connectivity index (χ0n) is 17.3. The van der Waals surface area contributed by atoms with Crippen LogP contribution in [0.4, 0.5) is 5.69 Å². The van der Waals surface area contributed by atoms with Crippen molar-refractivity contribution in [2.45, 2.75) is 38.8 Å². The third-order valence-electron chi connectivity index (χ3n) is 5.32. The molecule has 4 heterocycles. The van der Waals surface area contributed by atoms with Crippen LogP contribution in [0.1, 0.15) is 30.3 Å². The molecule has 0 spiro atoms. The fourth-order valence-electron chi connectivity index (χ4n) is 3.75. The maximum Gasteiger partial charge on any atom is 0.196 e. The summed E-state index contributed by atoms with van der Waals surface area (Å²) in [6.45, 7) is 3.42. The van der Waals surface area contributed by atoms with Crippen LogP contribution in [-0.2, 0) is 25.9 Å². The average Bonchev–Trinajstić information content (AvgIpc) is 3.49. The molecule has 0 fully saturated rings. The van der Waals surface area contributed by atoms with Crippen LogP contribution in [-0.4, -0.2) is 40.5 Å². The zero-order valence-corrected chi connectivity index (χ0v) is 17.3. The van der Waals surface area contributed by atoms with E-state index in [-0.39, 0.29) is 0 Å². The number of furan rings is 1. The first-order chi connectivity index (χ1) is 15.3. The molecule has 2 aliphatic rings. The van der Waals surface area contributed by atoms with Crippen LogP contribution in [0.2, 0.25) is 0 Å². The fraction of sp³-hybridized carbons (Fsp3) is 0.409. The minimum Gasteiger partial charge on any atom is -0.490 e. The zero-order chi connectivity index (χ0) is 20.9. The van der Waals surface area contributed by atoms with Crippen molar-refractivity contribution < 1.29 is 13.9 Å². The van der Waals surface area contributed by atoms with E-state index in [0.29, 0.717) is 32.3 Å². The van der Waals surface area contributed by atoms with Crippen molar-refractivity contribution in [3.05, 3.63) is 54.0 Å². The summed E-state index contributed by atoms with van der Waals surface area (Å²) >= 11 is 0. The number of rotatable bonds is 6. The number of hydrogen-bond acceptors (Lipinski definition) is 6. The summed E-state index contributed by atoms with van der Waals surface area (Å²) in [5.41, 5.74) is 0.875. The van der Waals surface area contributed by atoms with Crippen LogP contribution in [0.3, 0.4) is 0 Å². The molecule has 0 amide bonds. The third-order valence-corrected chi connectivity index (χ3v) is 5.32. The van der Waals surface area contributed by atoms with Crippen molar-refractivity contribution in [2.75, 3.05) is 25.1 Å². The van der Waals surface area contributed by atoms with Gasteiger partial charge in [-0.3, -0.25) is 0 Å². The van der Waals surface area contributed by atoms with E-state index >= 15 is 0 Å². The van der Waals surface area contributed by atoms with Crippen LogP contribution in [0, 0.1) is 0 Å². The highest BCUT2D eigenvalue weighted by Gasteiger charge is 2.17. The van der Waals surface area contributed by atoms with Gasteiger partial charge in [0, 0.05) is 44.1 Å². The number of benzene rings is 1. The number of guanidine groups is 1. The van der Waals surface area contributed by atoms with E-state index in [1.807, 2.05) is 30.3 Å². The number of nitrogens with zero attached hydrogens (tertiary/aromatic N) is 4. The SMILES string of the molecule is c1coc(CCNC(=NCc2nnc3n2CCC3)Nc2ccc3c(c2)OCCCO3)c1. The lowest BCUT2D eigenvalue weighted by Gasteiger charge is -2.14. The second-order valence-corrected chi connectivity index (χ2v) is 7.55. The van der Waals surface area contributed by atoms with E-state index in [1.165, 1.54) is 0 Å². The number of hydrogen-bond donors (Lipinski definition) is 2. The van der Waals surface area contributed by atoms with E-state index in [2.05, 4.69) is 25.4 Å². The topological polar surface area (TPSA) is 98.7 Å². The quantitative estimate of drug-likeness (QED) is 0.465. The van der Waals surface area contributed by atoms with E-state index < -0.39 is 0 Å². The molecule has 0 bridgehead atoms. The van der Waals surface area contributed by atoms with Gasteiger partial charge in [0.1, 0.15) is 18.1 Å². The fourth-order valence-corrected chi connectivity index (χ4v) is 3.75. The van der Waals surface area contributed by atoms with Gasteiger partial charge in [0.25, 0.3) is 0 Å². The molecule has 9 nitrogen and oxygen atoms in total. The van der Waals surface area contributed by atoms with Crippen LogP contribution in [0.5, 0.6) is 11.5 Å². The predicted molar refractivity (Wildman–Crippen MR) is 116 cm³/mol. The first-order valence-corrected chi connectivity index (χ1v) is 10.7. The molecule has 0 radical (unpaired) electrons. The van der Waals surface area contributed by atoms with E-state index in [9.17, 15) is 0 Å². The molecular formula is C22H26N6O3. The van der Waals surface area contributed by atoms with Crippen LogP contribution < -0.4 is 20.1 Å². The molecule has 0 atom stereocenters. The lowest BCUT2D eigenvalue weighted by Crippen LogP contribution is -2.32. The van der Waals surface area contributed by atoms with Crippen molar-refractivity contribution >= 4 is 11.6 Å². The Kier molecular flexibility index (Phi) is 5.72. The Morgan fingerprint density at radius 3 is 2.94 bits per heavy atom. The van der Waals surface area contributed by atoms with Crippen molar-refractivity contribution in [3.63, 3.8) is 0 Å². The molecule has 9 heteroatoms. The van der Waals surface area contributed by atoms with Gasteiger partial charge in [0.05, 0.1) is 19.5 Å².